The molecule has 6 atom stereocenters. The van der Waals surface area contributed by atoms with E-state index in [-0.39, 0.29) is 40.9 Å². The van der Waals surface area contributed by atoms with Gasteiger partial charge in [0.25, 0.3) is 11.8 Å². The zero-order chi connectivity index (χ0) is 38.7. The molecule has 0 spiro atoms. The molecule has 53 heavy (non-hydrogen) atoms. The van der Waals surface area contributed by atoms with Crippen LogP contribution in [0.1, 0.15) is 155 Å². The Kier molecular flexibility index (Phi) is 12.7. The number of rotatable bonds is 13. The number of aromatic amines is 1. The van der Waals surface area contributed by atoms with Crippen LogP contribution < -0.4 is 21.3 Å². The van der Waals surface area contributed by atoms with Crippen LogP contribution in [0.25, 0.3) is 0 Å². The van der Waals surface area contributed by atoms with E-state index in [1.807, 2.05) is 48.5 Å². The SMILES string of the molecule is CCC[C@H](NC(=O)[C@@H]1CC2CCCCC2N1C(=O)[C@@H](NC(=O)C(NC(=O)c1cc(C(C)(C)C)[nH]n1)C1CCCCC1)C(C)(C)C)C(=O)C(=O)NC1CC1. The number of ketones is 1. The average Bonchev–Trinajstić information content (AvgIpc) is 3.60. The van der Waals surface area contributed by atoms with E-state index in [1.165, 1.54) is 0 Å². The molecule has 5 rings (SSSR count). The Morgan fingerprint density at radius 3 is 2.13 bits per heavy atom. The van der Waals surface area contributed by atoms with Gasteiger partial charge in [0.1, 0.15) is 23.8 Å². The predicted octanol–water partition coefficient (Wildman–Crippen LogP) is 4.21. The second kappa shape index (κ2) is 16.7. The summed E-state index contributed by atoms with van der Waals surface area (Å²) in [6.45, 7) is 13.6. The van der Waals surface area contributed by atoms with E-state index in [1.54, 1.807) is 11.0 Å². The molecule has 1 aliphatic heterocycles. The first-order valence-electron chi connectivity index (χ1n) is 20.1. The van der Waals surface area contributed by atoms with E-state index >= 15 is 0 Å². The number of amides is 5. The molecule has 3 unspecified atom stereocenters. The zero-order valence-electron chi connectivity index (χ0n) is 32.9. The number of hydrogen-bond donors (Lipinski definition) is 5. The lowest BCUT2D eigenvalue weighted by Crippen LogP contribution is -2.63. The minimum Gasteiger partial charge on any atom is -0.347 e. The smallest absolute Gasteiger partial charge is 0.289 e. The Bertz CT molecular complexity index is 1520. The molecular formula is C40H63N7O6. The summed E-state index contributed by atoms with van der Waals surface area (Å²) in [5.41, 5.74) is 0.0145. The number of carbonyl (C=O) groups is 6. The van der Waals surface area contributed by atoms with Gasteiger partial charge in [-0.15, -0.1) is 0 Å². The maximum atomic E-state index is 14.9. The van der Waals surface area contributed by atoms with Gasteiger partial charge in [0, 0.05) is 23.2 Å². The van der Waals surface area contributed by atoms with Crippen molar-refractivity contribution in [3.63, 3.8) is 0 Å². The third-order valence-electron chi connectivity index (χ3n) is 11.7. The van der Waals surface area contributed by atoms with Crippen molar-refractivity contribution < 1.29 is 28.8 Å². The Morgan fingerprint density at radius 1 is 0.868 bits per heavy atom. The third kappa shape index (κ3) is 9.86. The van der Waals surface area contributed by atoms with E-state index in [9.17, 15) is 28.8 Å². The Hall–Kier alpha value is -3.77. The number of aromatic nitrogens is 2. The number of fused-ring (bicyclic) bond motifs is 1. The Morgan fingerprint density at radius 2 is 1.53 bits per heavy atom. The van der Waals surface area contributed by atoms with Crippen molar-refractivity contribution in [1.82, 2.24) is 36.4 Å². The number of carbonyl (C=O) groups excluding carboxylic acids is 6. The second-order valence-electron chi connectivity index (χ2n) is 18.1. The molecule has 13 nitrogen and oxygen atoms in total. The first-order valence-corrected chi connectivity index (χ1v) is 20.1. The first-order chi connectivity index (χ1) is 25.0. The fourth-order valence-corrected chi connectivity index (χ4v) is 8.41. The molecule has 4 aliphatic rings. The van der Waals surface area contributed by atoms with E-state index < -0.39 is 59.0 Å². The summed E-state index contributed by atoms with van der Waals surface area (Å²) in [5, 5.41) is 18.9. The zero-order valence-corrected chi connectivity index (χ0v) is 32.9. The molecule has 4 fully saturated rings. The van der Waals surface area contributed by atoms with Crippen molar-refractivity contribution in [3.8, 4) is 0 Å². The van der Waals surface area contributed by atoms with Crippen LogP contribution in [-0.4, -0.2) is 86.7 Å². The Labute approximate surface area is 314 Å². The highest BCUT2D eigenvalue weighted by Gasteiger charge is 2.51. The minimum absolute atomic E-state index is 0.0118. The topological polar surface area (TPSA) is 182 Å². The molecule has 0 radical (unpaired) electrons. The minimum atomic E-state index is -0.996. The van der Waals surface area contributed by atoms with Crippen LogP contribution >= 0.6 is 0 Å². The molecule has 5 N–H and O–H groups in total. The fourth-order valence-electron chi connectivity index (χ4n) is 8.41. The predicted molar refractivity (Wildman–Crippen MR) is 201 cm³/mol. The summed E-state index contributed by atoms with van der Waals surface area (Å²) < 4.78 is 0. The standard InChI is InChI=1S/C40H63N7O6/c1-8-14-26(32(48)37(52)41-25-19-20-25)42-35(50)29-21-24-17-12-13-18-28(24)47(29)38(53)33(40(5,6)7)44-36(51)31(23-15-10-9-11-16-23)43-34(49)27-22-30(46-45-27)39(2,3)4/h22-26,28-29,31,33H,8-21H2,1-7H3,(H,41,52)(H,42,50)(H,43,49)(H,44,51)(H,45,46)/t24?,26-,28?,29-,31?,33+/m0/s1. The van der Waals surface area contributed by atoms with E-state index in [4.69, 9.17) is 0 Å². The number of hydrogen-bond acceptors (Lipinski definition) is 7. The van der Waals surface area contributed by atoms with Gasteiger partial charge in [0.15, 0.2) is 0 Å². The van der Waals surface area contributed by atoms with Gasteiger partial charge in [-0.05, 0) is 74.7 Å². The number of likely N-dealkylation sites (tertiary alicyclic amines) is 1. The molecular weight excluding hydrogens is 674 g/mol. The third-order valence-corrected chi connectivity index (χ3v) is 11.7. The molecule has 5 amide bonds. The van der Waals surface area contributed by atoms with Crippen LogP contribution in [0.5, 0.6) is 0 Å². The molecule has 1 saturated heterocycles. The van der Waals surface area contributed by atoms with E-state index in [0.29, 0.717) is 19.3 Å². The first kappa shape index (κ1) is 40.4. The van der Waals surface area contributed by atoms with Crippen molar-refractivity contribution in [2.24, 2.45) is 17.3 Å². The summed E-state index contributed by atoms with van der Waals surface area (Å²) in [7, 11) is 0. The lowest BCUT2D eigenvalue weighted by atomic mass is 9.81. The van der Waals surface area contributed by atoms with Crippen molar-refractivity contribution in [3.05, 3.63) is 17.5 Å². The lowest BCUT2D eigenvalue weighted by Gasteiger charge is -2.40. The van der Waals surface area contributed by atoms with E-state index in [0.717, 1.165) is 76.3 Å². The molecule has 1 aromatic heterocycles. The van der Waals surface area contributed by atoms with Gasteiger partial charge in [-0.3, -0.25) is 33.9 Å². The van der Waals surface area contributed by atoms with Crippen molar-refractivity contribution >= 4 is 35.3 Å². The highest BCUT2D eigenvalue weighted by atomic mass is 16.2. The molecule has 1 aromatic rings. The maximum Gasteiger partial charge on any atom is 0.289 e. The van der Waals surface area contributed by atoms with Crippen LogP contribution in [0.3, 0.4) is 0 Å². The summed E-state index contributed by atoms with van der Waals surface area (Å²) in [4.78, 5) is 84.6. The highest BCUT2D eigenvalue weighted by molar-refractivity contribution is 6.38. The highest BCUT2D eigenvalue weighted by Crippen LogP contribution is 2.41. The van der Waals surface area contributed by atoms with Gasteiger partial charge < -0.3 is 26.2 Å². The fraction of sp³-hybridized carbons (Fsp3) is 0.775. The molecule has 3 aliphatic carbocycles. The van der Waals surface area contributed by atoms with Crippen LogP contribution in [0.4, 0.5) is 0 Å². The van der Waals surface area contributed by atoms with Crippen molar-refractivity contribution in [2.75, 3.05) is 0 Å². The summed E-state index contributed by atoms with van der Waals surface area (Å²) in [6, 6.07) is -2.17. The number of Topliss-reactive ketones (excluding diaryl/α,β-unsaturated/α-hetero) is 1. The van der Waals surface area contributed by atoms with Crippen LogP contribution in [0, 0.1) is 17.3 Å². The van der Waals surface area contributed by atoms with Gasteiger partial charge in [0.2, 0.25) is 23.5 Å². The Balaban J connectivity index is 1.38. The number of nitrogens with one attached hydrogen (secondary N) is 5. The van der Waals surface area contributed by atoms with Crippen LogP contribution in [0.2, 0.25) is 0 Å². The number of H-pyrrole nitrogens is 1. The summed E-state index contributed by atoms with van der Waals surface area (Å²) in [5.74, 6) is -3.02. The molecule has 3 saturated carbocycles. The van der Waals surface area contributed by atoms with Gasteiger partial charge in [-0.25, -0.2) is 0 Å². The largest absolute Gasteiger partial charge is 0.347 e. The summed E-state index contributed by atoms with van der Waals surface area (Å²) >= 11 is 0. The summed E-state index contributed by atoms with van der Waals surface area (Å²) in [6.07, 6.45) is 11.1. The van der Waals surface area contributed by atoms with Crippen LogP contribution in [0.15, 0.2) is 6.07 Å². The average molecular weight is 738 g/mol. The van der Waals surface area contributed by atoms with Gasteiger partial charge in [0.05, 0.1) is 6.04 Å². The molecule has 0 bridgehead atoms. The van der Waals surface area contributed by atoms with Crippen LogP contribution in [-0.2, 0) is 29.4 Å². The lowest BCUT2D eigenvalue weighted by molar-refractivity contribution is -0.147. The normalized spacial score (nSPS) is 24.0. The van der Waals surface area contributed by atoms with Crippen molar-refractivity contribution in [2.45, 2.75) is 180 Å². The molecule has 294 valence electrons. The molecule has 2 heterocycles. The van der Waals surface area contributed by atoms with Gasteiger partial charge in [-0.2, -0.15) is 5.10 Å². The molecule has 0 aromatic carbocycles. The molecule has 13 heteroatoms. The number of nitrogens with zero attached hydrogens (tertiary/aromatic N) is 2. The van der Waals surface area contributed by atoms with E-state index in [2.05, 4.69) is 31.5 Å². The maximum absolute atomic E-state index is 14.9. The quantitative estimate of drug-likeness (QED) is 0.188. The second-order valence-corrected chi connectivity index (χ2v) is 18.1. The van der Waals surface area contributed by atoms with Crippen molar-refractivity contribution in [1.29, 1.82) is 0 Å². The van der Waals surface area contributed by atoms with Gasteiger partial charge in [-0.1, -0.05) is 87.0 Å². The monoisotopic (exact) mass is 737 g/mol. The van der Waals surface area contributed by atoms with Gasteiger partial charge >= 0.3 is 0 Å².